The van der Waals surface area contributed by atoms with Crippen molar-refractivity contribution in [1.82, 2.24) is 0 Å². The molecule has 1 fully saturated rings. The summed E-state index contributed by atoms with van der Waals surface area (Å²) in [5, 5.41) is 0. The van der Waals surface area contributed by atoms with E-state index in [9.17, 15) is 4.79 Å². The summed E-state index contributed by atoms with van der Waals surface area (Å²) in [6.07, 6.45) is -4.75. The van der Waals surface area contributed by atoms with Crippen molar-refractivity contribution in [1.29, 1.82) is 0 Å². The minimum Gasteiger partial charge on any atom is -0.432 e. The lowest BCUT2D eigenvalue weighted by molar-refractivity contribution is -0.298. The third kappa shape index (κ3) is 12.3. The maximum absolute atomic E-state index is 16.4. The predicted octanol–water partition coefficient (Wildman–Crippen LogP) is 8.29. The van der Waals surface area contributed by atoms with Crippen LogP contribution in [0.1, 0.15) is 35.1 Å². The molecule has 51 heavy (non-hydrogen) atoms. The Kier molecular flexibility index (Phi) is 16.0. The molecule has 0 unspecified atom stereocenters. The van der Waals surface area contributed by atoms with Gasteiger partial charge in [-0.15, -0.1) is 23.2 Å². The lowest BCUT2D eigenvalue weighted by Crippen LogP contribution is -2.60. The number of anilines is 1. The Morgan fingerprint density at radius 3 is 1.76 bits per heavy atom. The molecule has 272 valence electrons. The van der Waals surface area contributed by atoms with E-state index in [0.717, 1.165) is 27.9 Å². The number of hydrogen-bond acceptors (Lipinski definition) is 7. The van der Waals surface area contributed by atoms with Crippen molar-refractivity contribution in [3.8, 4) is 0 Å². The summed E-state index contributed by atoms with van der Waals surface area (Å²) in [6.45, 7) is 2.16. The van der Waals surface area contributed by atoms with Gasteiger partial charge in [-0.05, 0) is 47.2 Å². The van der Waals surface area contributed by atoms with Gasteiger partial charge in [0.1, 0.15) is 18.3 Å². The molecule has 1 saturated heterocycles. The number of alkyl halides is 3. The SMILES string of the molecule is O=C(CCCc1ccc(N(CCCl)CCCl)cc1)O[C@@H]1O[C@H](COCc2ccccc2)[C@@H](OCc2ccccc2)[C@H](OCc2ccccc2)[C@H]1F. The molecule has 0 radical (unpaired) electrons. The van der Waals surface area contributed by atoms with Gasteiger partial charge in [-0.25, -0.2) is 4.39 Å². The normalized spacial score (nSPS) is 20.2. The number of nitrogens with zero attached hydrogens (tertiary/aromatic N) is 1. The Balaban J connectivity index is 1.25. The van der Waals surface area contributed by atoms with E-state index in [1.165, 1.54) is 0 Å². The maximum Gasteiger partial charge on any atom is 0.308 e. The molecule has 4 aromatic rings. The van der Waals surface area contributed by atoms with Crippen molar-refractivity contribution in [2.45, 2.75) is 69.9 Å². The number of aryl methyl sites for hydroxylation is 1. The summed E-state index contributed by atoms with van der Waals surface area (Å²) in [4.78, 5) is 15.2. The van der Waals surface area contributed by atoms with E-state index in [1.807, 2.05) is 115 Å². The molecule has 0 aliphatic carbocycles. The summed E-state index contributed by atoms with van der Waals surface area (Å²) < 4.78 is 46.9. The maximum atomic E-state index is 16.4. The molecule has 4 aromatic carbocycles. The first-order valence-electron chi connectivity index (χ1n) is 17.4. The van der Waals surface area contributed by atoms with Gasteiger partial charge >= 0.3 is 5.97 Å². The lowest BCUT2D eigenvalue weighted by Gasteiger charge is -2.42. The van der Waals surface area contributed by atoms with Crippen LogP contribution in [0.15, 0.2) is 115 Å². The van der Waals surface area contributed by atoms with Gasteiger partial charge in [-0.1, -0.05) is 103 Å². The van der Waals surface area contributed by atoms with Crippen LogP contribution in [0.3, 0.4) is 0 Å². The number of rotatable bonds is 20. The van der Waals surface area contributed by atoms with Gasteiger partial charge in [0.05, 0.1) is 26.4 Å². The van der Waals surface area contributed by atoms with E-state index >= 15 is 4.39 Å². The van der Waals surface area contributed by atoms with Gasteiger partial charge in [0.25, 0.3) is 0 Å². The third-order valence-electron chi connectivity index (χ3n) is 8.64. The lowest BCUT2D eigenvalue weighted by atomic mass is 9.99. The molecule has 7 nitrogen and oxygen atoms in total. The van der Waals surface area contributed by atoms with Crippen molar-refractivity contribution in [2.24, 2.45) is 0 Å². The van der Waals surface area contributed by atoms with Crippen molar-refractivity contribution < 1.29 is 32.9 Å². The summed E-state index contributed by atoms with van der Waals surface area (Å²) in [5.74, 6) is 0.464. The minimum atomic E-state index is -1.81. The first kappa shape index (κ1) is 38.7. The molecule has 5 rings (SSSR count). The Morgan fingerprint density at radius 2 is 1.22 bits per heavy atom. The molecule has 0 saturated carbocycles. The zero-order chi connectivity index (χ0) is 35.7. The number of carbonyl (C=O) groups is 1. The fourth-order valence-electron chi connectivity index (χ4n) is 5.96. The van der Waals surface area contributed by atoms with Crippen LogP contribution in [0, 0.1) is 0 Å². The Labute approximate surface area is 310 Å². The highest BCUT2D eigenvalue weighted by molar-refractivity contribution is 6.18. The van der Waals surface area contributed by atoms with E-state index in [1.54, 1.807) is 0 Å². The van der Waals surface area contributed by atoms with Gasteiger partial charge in [-0.2, -0.15) is 0 Å². The highest BCUT2D eigenvalue weighted by Crippen LogP contribution is 2.31. The van der Waals surface area contributed by atoms with Gasteiger partial charge in [0.15, 0.2) is 6.17 Å². The standard InChI is InChI=1S/C41H46Cl2FNO6/c42-23-25-45(26-24-43)35-21-19-31(20-22-35)17-10-18-37(46)51-41-38(44)40(49-29-34-15-8-3-9-16-34)39(48-28-33-13-6-2-7-14-33)36(50-41)30-47-27-32-11-4-1-5-12-32/h1-9,11-16,19-22,36,38-41H,10,17-18,23-30H2/t36-,38-,39-,40-,41+/m1/s1. The number of hydrogen-bond donors (Lipinski definition) is 0. The molecule has 0 N–H and O–H groups in total. The second kappa shape index (κ2) is 21.1. The summed E-state index contributed by atoms with van der Waals surface area (Å²) in [6, 6.07) is 37.0. The Hall–Kier alpha value is -3.50. The average molecular weight is 739 g/mol. The zero-order valence-electron chi connectivity index (χ0n) is 28.7. The largest absolute Gasteiger partial charge is 0.432 e. The van der Waals surface area contributed by atoms with Crippen LogP contribution < -0.4 is 4.90 Å². The van der Waals surface area contributed by atoms with Crippen LogP contribution in [-0.4, -0.2) is 68.2 Å². The van der Waals surface area contributed by atoms with Crippen molar-refractivity contribution in [3.05, 3.63) is 138 Å². The van der Waals surface area contributed by atoms with Crippen molar-refractivity contribution in [2.75, 3.05) is 36.4 Å². The molecule has 0 aromatic heterocycles. The Bertz CT molecular complexity index is 1550. The number of esters is 1. The second-order valence-corrected chi connectivity index (χ2v) is 13.1. The molecule has 0 bridgehead atoms. The van der Waals surface area contributed by atoms with Crippen LogP contribution in [-0.2, 0) is 54.7 Å². The van der Waals surface area contributed by atoms with Crippen LogP contribution >= 0.6 is 23.2 Å². The molecule has 5 atom stereocenters. The van der Waals surface area contributed by atoms with Gasteiger partial charge in [0.2, 0.25) is 6.29 Å². The van der Waals surface area contributed by atoms with E-state index in [0.29, 0.717) is 44.3 Å². The quantitative estimate of drug-likeness (QED) is 0.0668. The van der Waals surface area contributed by atoms with E-state index < -0.39 is 36.7 Å². The number of ether oxygens (including phenoxy) is 5. The fraction of sp³-hybridized carbons (Fsp3) is 0.390. The second-order valence-electron chi connectivity index (χ2n) is 12.4. The Morgan fingerprint density at radius 1 is 0.686 bits per heavy atom. The van der Waals surface area contributed by atoms with Crippen LogP contribution in [0.5, 0.6) is 0 Å². The average Bonchev–Trinajstić information content (AvgIpc) is 3.16. The van der Waals surface area contributed by atoms with Crippen LogP contribution in [0.2, 0.25) is 0 Å². The van der Waals surface area contributed by atoms with E-state index in [4.69, 9.17) is 46.9 Å². The highest BCUT2D eigenvalue weighted by Gasteiger charge is 2.50. The first-order valence-corrected chi connectivity index (χ1v) is 18.5. The van der Waals surface area contributed by atoms with Crippen LogP contribution in [0.4, 0.5) is 10.1 Å². The minimum absolute atomic E-state index is 0.0729. The molecule has 1 aliphatic rings. The number of carbonyl (C=O) groups excluding carboxylic acids is 1. The third-order valence-corrected chi connectivity index (χ3v) is 8.98. The smallest absolute Gasteiger partial charge is 0.308 e. The molecular weight excluding hydrogens is 692 g/mol. The summed E-state index contributed by atoms with van der Waals surface area (Å²) in [5.41, 5.74) is 4.90. The first-order chi connectivity index (χ1) is 25.0. The molecule has 1 aliphatic heterocycles. The van der Waals surface area contributed by atoms with E-state index in [2.05, 4.69) is 4.90 Å². The number of halogens is 3. The molecular formula is C41H46Cl2FNO6. The molecule has 0 spiro atoms. The molecule has 0 amide bonds. The molecule has 1 heterocycles. The van der Waals surface area contributed by atoms with Gasteiger partial charge in [0, 0.05) is 37.0 Å². The van der Waals surface area contributed by atoms with Gasteiger partial charge < -0.3 is 28.6 Å². The highest BCUT2D eigenvalue weighted by atomic mass is 35.5. The monoisotopic (exact) mass is 737 g/mol. The van der Waals surface area contributed by atoms with E-state index in [-0.39, 0.29) is 26.2 Å². The van der Waals surface area contributed by atoms with Crippen molar-refractivity contribution >= 4 is 34.9 Å². The van der Waals surface area contributed by atoms with Crippen molar-refractivity contribution in [3.63, 3.8) is 0 Å². The summed E-state index contributed by atoms with van der Waals surface area (Å²) >= 11 is 11.9. The topological polar surface area (TPSA) is 66.5 Å². The predicted molar refractivity (Wildman–Crippen MR) is 199 cm³/mol. The zero-order valence-corrected chi connectivity index (χ0v) is 30.2. The molecule has 10 heteroatoms. The number of benzene rings is 4. The van der Waals surface area contributed by atoms with Crippen LogP contribution in [0.25, 0.3) is 0 Å². The summed E-state index contributed by atoms with van der Waals surface area (Å²) in [7, 11) is 0. The van der Waals surface area contributed by atoms with Gasteiger partial charge in [-0.3, -0.25) is 4.79 Å². The fourth-order valence-corrected chi connectivity index (χ4v) is 6.37.